The lowest BCUT2D eigenvalue weighted by Crippen LogP contribution is -2.42. The van der Waals surface area contributed by atoms with E-state index in [0.717, 1.165) is 5.82 Å². The van der Waals surface area contributed by atoms with Gasteiger partial charge in [0, 0.05) is 0 Å². The molecule has 15 heavy (non-hydrogen) atoms. The molecule has 1 unspecified atom stereocenters. The van der Waals surface area contributed by atoms with Crippen LogP contribution in [-0.4, -0.2) is 7.28 Å². The van der Waals surface area contributed by atoms with Crippen LogP contribution in [0, 0.1) is 10.8 Å². The van der Waals surface area contributed by atoms with Gasteiger partial charge < -0.3 is 0 Å². The molecule has 1 rings (SSSR count). The Kier molecular flexibility index (Phi) is 3.35. The number of hydrogen-bond donors (Lipinski definition) is 0. The van der Waals surface area contributed by atoms with Gasteiger partial charge in [-0.25, -0.2) is 0 Å². The highest BCUT2D eigenvalue weighted by atomic mass is 14.5. The third-order valence-electron chi connectivity index (χ3n) is 4.96. The predicted octanol–water partition coefficient (Wildman–Crippen LogP) is 4.67. The molecule has 0 aromatic rings. The second kappa shape index (κ2) is 3.82. The van der Waals surface area contributed by atoms with Gasteiger partial charge in [-0.1, -0.05) is 66.0 Å². The molecule has 1 fully saturated rings. The first-order valence-corrected chi connectivity index (χ1v) is 6.58. The molecule has 0 spiro atoms. The molecule has 0 N–H and O–H groups in total. The summed E-state index contributed by atoms with van der Waals surface area (Å²) in [6.07, 6.45) is 4.20. The quantitative estimate of drug-likeness (QED) is 0.578. The summed E-state index contributed by atoms with van der Waals surface area (Å²) in [6, 6.07) is 0. The van der Waals surface area contributed by atoms with Crippen molar-refractivity contribution in [1.29, 1.82) is 0 Å². The molecular formula is C14H29B. The maximum Gasteiger partial charge on any atom is 0.130 e. The van der Waals surface area contributed by atoms with Gasteiger partial charge in [0.05, 0.1) is 0 Å². The summed E-state index contributed by atoms with van der Waals surface area (Å²) >= 11 is 0. The molecule has 1 atom stereocenters. The molecule has 1 saturated carbocycles. The topological polar surface area (TPSA) is 0 Å². The standard InChI is InChI=1S/C14H29B/c1-11(2)15-14(7)9-8-12(3,4)13(5,6)10-14/h11,15H,8-10H2,1-7H3. The third kappa shape index (κ3) is 2.79. The van der Waals surface area contributed by atoms with Gasteiger partial charge >= 0.3 is 0 Å². The predicted molar refractivity (Wildman–Crippen MR) is 72.0 cm³/mol. The highest BCUT2D eigenvalue weighted by Gasteiger charge is 2.47. The lowest BCUT2D eigenvalue weighted by atomic mass is 9.38. The molecule has 88 valence electrons. The van der Waals surface area contributed by atoms with Crippen molar-refractivity contribution < 1.29 is 0 Å². The minimum atomic E-state index is 0.495. The van der Waals surface area contributed by atoms with Gasteiger partial charge in [0.2, 0.25) is 0 Å². The summed E-state index contributed by atoms with van der Waals surface area (Å²) in [5.41, 5.74) is 1.01. The van der Waals surface area contributed by atoms with E-state index in [1.54, 1.807) is 0 Å². The van der Waals surface area contributed by atoms with Crippen molar-refractivity contribution in [2.75, 3.05) is 0 Å². The molecule has 0 saturated heterocycles. The molecular weight excluding hydrogens is 179 g/mol. The Morgan fingerprint density at radius 3 is 1.80 bits per heavy atom. The average Bonchev–Trinajstić information content (AvgIpc) is 1.96. The Balaban J connectivity index is 2.77. The van der Waals surface area contributed by atoms with Crippen molar-refractivity contribution in [3.63, 3.8) is 0 Å². The van der Waals surface area contributed by atoms with Crippen LogP contribution in [0.2, 0.25) is 11.1 Å². The lowest BCUT2D eigenvalue weighted by Gasteiger charge is -2.53. The van der Waals surface area contributed by atoms with Crippen LogP contribution in [0.1, 0.15) is 67.7 Å². The first kappa shape index (κ1) is 13.1. The summed E-state index contributed by atoms with van der Waals surface area (Å²) < 4.78 is 0. The van der Waals surface area contributed by atoms with E-state index in [4.69, 9.17) is 0 Å². The van der Waals surface area contributed by atoms with E-state index in [-0.39, 0.29) is 0 Å². The van der Waals surface area contributed by atoms with Crippen molar-refractivity contribution >= 4 is 7.28 Å². The van der Waals surface area contributed by atoms with E-state index in [9.17, 15) is 0 Å². The fourth-order valence-corrected chi connectivity index (χ4v) is 3.51. The van der Waals surface area contributed by atoms with Crippen LogP contribution in [0.5, 0.6) is 0 Å². The number of hydrogen-bond acceptors (Lipinski definition) is 0. The molecule has 0 bridgehead atoms. The van der Waals surface area contributed by atoms with E-state index in [0.29, 0.717) is 16.1 Å². The van der Waals surface area contributed by atoms with Crippen molar-refractivity contribution in [1.82, 2.24) is 0 Å². The van der Waals surface area contributed by atoms with Gasteiger partial charge in [0.1, 0.15) is 7.28 Å². The van der Waals surface area contributed by atoms with Crippen molar-refractivity contribution in [3.8, 4) is 0 Å². The maximum absolute atomic E-state index is 2.50. The van der Waals surface area contributed by atoms with Gasteiger partial charge in [-0.3, -0.25) is 0 Å². The molecule has 0 aromatic carbocycles. The van der Waals surface area contributed by atoms with Crippen molar-refractivity contribution in [2.45, 2.75) is 78.9 Å². The largest absolute Gasteiger partial charge is 0.130 e. The van der Waals surface area contributed by atoms with Crippen LogP contribution in [0.3, 0.4) is 0 Å². The van der Waals surface area contributed by atoms with Gasteiger partial charge in [0.25, 0.3) is 0 Å². The third-order valence-corrected chi connectivity index (χ3v) is 4.96. The van der Waals surface area contributed by atoms with Crippen molar-refractivity contribution in [3.05, 3.63) is 0 Å². The molecule has 0 aromatic heterocycles. The van der Waals surface area contributed by atoms with E-state index in [1.165, 1.54) is 26.5 Å². The van der Waals surface area contributed by atoms with E-state index in [1.807, 2.05) is 0 Å². The SMILES string of the molecule is CC(C)BC1(C)CCC(C)(C)C(C)(C)C1. The summed E-state index contributed by atoms with van der Waals surface area (Å²) in [7, 11) is 1.40. The molecule has 1 aliphatic carbocycles. The molecule has 1 aliphatic rings. The lowest BCUT2D eigenvalue weighted by molar-refractivity contribution is 0.0302. The fourth-order valence-electron chi connectivity index (χ4n) is 3.51. The first-order chi connectivity index (χ1) is 6.58. The summed E-state index contributed by atoms with van der Waals surface area (Å²) in [6.45, 7) is 17.0. The van der Waals surface area contributed by atoms with Gasteiger partial charge in [-0.15, -0.1) is 0 Å². The van der Waals surface area contributed by atoms with Crippen LogP contribution in [0.15, 0.2) is 0 Å². The Morgan fingerprint density at radius 1 is 0.867 bits per heavy atom. The van der Waals surface area contributed by atoms with Crippen LogP contribution >= 0.6 is 0 Å². The Bertz CT molecular complexity index is 227. The van der Waals surface area contributed by atoms with Crippen LogP contribution in [-0.2, 0) is 0 Å². The Labute approximate surface area is 97.5 Å². The first-order valence-electron chi connectivity index (χ1n) is 6.58. The highest BCUT2D eigenvalue weighted by Crippen LogP contribution is 2.59. The van der Waals surface area contributed by atoms with Crippen molar-refractivity contribution in [2.24, 2.45) is 10.8 Å². The van der Waals surface area contributed by atoms with E-state index in [2.05, 4.69) is 48.5 Å². The van der Waals surface area contributed by atoms with Crippen LogP contribution in [0.4, 0.5) is 0 Å². The monoisotopic (exact) mass is 208 g/mol. The van der Waals surface area contributed by atoms with E-state index < -0.39 is 0 Å². The molecule has 1 heteroatoms. The van der Waals surface area contributed by atoms with E-state index >= 15 is 0 Å². The zero-order chi connectivity index (χ0) is 11.9. The highest BCUT2D eigenvalue weighted by molar-refractivity contribution is 6.41. The van der Waals surface area contributed by atoms with Gasteiger partial charge in [-0.05, 0) is 23.7 Å². The van der Waals surface area contributed by atoms with Crippen LogP contribution < -0.4 is 0 Å². The van der Waals surface area contributed by atoms with Gasteiger partial charge in [0.15, 0.2) is 0 Å². The Morgan fingerprint density at radius 2 is 1.40 bits per heavy atom. The summed E-state index contributed by atoms with van der Waals surface area (Å²) in [5, 5.41) is 0.590. The zero-order valence-electron chi connectivity index (χ0n) is 11.9. The average molecular weight is 208 g/mol. The molecule has 0 radical (unpaired) electrons. The maximum atomic E-state index is 2.50. The minimum absolute atomic E-state index is 0.495. The second-order valence-corrected chi connectivity index (χ2v) is 7.85. The number of rotatable bonds is 2. The molecule has 0 heterocycles. The smallest absolute Gasteiger partial charge is 0.0707 e. The minimum Gasteiger partial charge on any atom is -0.0707 e. The molecule has 0 aliphatic heterocycles. The summed E-state index contributed by atoms with van der Waals surface area (Å²) in [4.78, 5) is 0. The second-order valence-electron chi connectivity index (χ2n) is 7.85. The Hall–Kier alpha value is 0.0649. The molecule has 0 nitrogen and oxygen atoms in total. The molecule has 0 amide bonds. The van der Waals surface area contributed by atoms with Crippen LogP contribution in [0.25, 0.3) is 0 Å². The van der Waals surface area contributed by atoms with Gasteiger partial charge in [-0.2, -0.15) is 0 Å². The zero-order valence-corrected chi connectivity index (χ0v) is 11.9. The summed E-state index contributed by atoms with van der Waals surface area (Å²) in [5.74, 6) is 0.840. The fraction of sp³-hybridized carbons (Fsp3) is 1.00. The normalized spacial score (nSPS) is 34.1.